The monoisotopic (exact) mass is 316 g/mol. The van der Waals surface area contributed by atoms with Crippen molar-refractivity contribution >= 4 is 16.7 Å². The van der Waals surface area contributed by atoms with Crippen molar-refractivity contribution in [3.63, 3.8) is 0 Å². The standard InChI is InChI=1S/C19H16N4O/c1-24-18-3-2-14(20)9-15(18)13-8-16-17(11-23-19(16)22-10-13)12-4-6-21-7-5-12/h2-11H,20H2,1H3,(H,22,23). The number of aromatic nitrogens is 3. The topological polar surface area (TPSA) is 76.8 Å². The Balaban J connectivity index is 1.92. The Morgan fingerprint density at radius 3 is 2.62 bits per heavy atom. The lowest BCUT2D eigenvalue weighted by atomic mass is 10.0. The van der Waals surface area contributed by atoms with Crippen molar-refractivity contribution in [2.45, 2.75) is 0 Å². The number of rotatable bonds is 3. The van der Waals surface area contributed by atoms with Gasteiger partial charge in [0.2, 0.25) is 0 Å². The van der Waals surface area contributed by atoms with Crippen LogP contribution in [0.15, 0.2) is 61.2 Å². The van der Waals surface area contributed by atoms with Gasteiger partial charge in [-0.05, 0) is 42.0 Å². The summed E-state index contributed by atoms with van der Waals surface area (Å²) in [7, 11) is 1.65. The van der Waals surface area contributed by atoms with Gasteiger partial charge in [-0.1, -0.05) is 0 Å². The van der Waals surface area contributed by atoms with Crippen LogP contribution in [0.4, 0.5) is 5.69 Å². The largest absolute Gasteiger partial charge is 0.496 e. The number of hydrogen-bond acceptors (Lipinski definition) is 4. The van der Waals surface area contributed by atoms with E-state index < -0.39 is 0 Å². The van der Waals surface area contributed by atoms with Crippen molar-refractivity contribution in [1.29, 1.82) is 0 Å². The Labute approximate surface area is 139 Å². The summed E-state index contributed by atoms with van der Waals surface area (Å²) in [6.07, 6.45) is 7.36. The molecule has 3 aromatic heterocycles. The van der Waals surface area contributed by atoms with Crippen molar-refractivity contribution in [3.8, 4) is 28.0 Å². The lowest BCUT2D eigenvalue weighted by molar-refractivity contribution is 0.416. The van der Waals surface area contributed by atoms with Gasteiger partial charge in [-0.2, -0.15) is 0 Å². The number of fused-ring (bicyclic) bond motifs is 1. The van der Waals surface area contributed by atoms with E-state index in [0.717, 1.165) is 39.0 Å². The van der Waals surface area contributed by atoms with E-state index in [1.165, 1.54) is 0 Å². The molecule has 0 fully saturated rings. The normalized spacial score (nSPS) is 10.9. The van der Waals surface area contributed by atoms with Crippen molar-refractivity contribution < 1.29 is 4.74 Å². The molecule has 5 nitrogen and oxygen atoms in total. The van der Waals surface area contributed by atoms with Crippen LogP contribution >= 0.6 is 0 Å². The minimum Gasteiger partial charge on any atom is -0.496 e. The third-order valence-electron chi connectivity index (χ3n) is 4.06. The molecular formula is C19H16N4O. The fourth-order valence-corrected chi connectivity index (χ4v) is 2.87. The Bertz CT molecular complexity index is 1010. The highest BCUT2D eigenvalue weighted by Crippen LogP contribution is 2.35. The minimum atomic E-state index is 0.689. The second-order valence-corrected chi connectivity index (χ2v) is 5.52. The summed E-state index contributed by atoms with van der Waals surface area (Å²) in [5.74, 6) is 0.770. The molecule has 4 aromatic rings. The van der Waals surface area contributed by atoms with Gasteiger partial charge in [0, 0.05) is 52.6 Å². The second-order valence-electron chi connectivity index (χ2n) is 5.52. The molecule has 3 N–H and O–H groups in total. The lowest BCUT2D eigenvalue weighted by Crippen LogP contribution is -1.92. The van der Waals surface area contributed by atoms with Crippen LogP contribution in [-0.2, 0) is 0 Å². The number of H-pyrrole nitrogens is 1. The number of nitrogen functional groups attached to an aromatic ring is 1. The summed E-state index contributed by atoms with van der Waals surface area (Å²) in [4.78, 5) is 11.8. The third kappa shape index (κ3) is 2.36. The number of pyridine rings is 2. The van der Waals surface area contributed by atoms with Gasteiger partial charge in [0.25, 0.3) is 0 Å². The maximum absolute atomic E-state index is 5.94. The highest BCUT2D eigenvalue weighted by Gasteiger charge is 2.12. The molecule has 0 bridgehead atoms. The molecule has 0 spiro atoms. The van der Waals surface area contributed by atoms with E-state index in [0.29, 0.717) is 5.69 Å². The summed E-state index contributed by atoms with van der Waals surface area (Å²) >= 11 is 0. The molecule has 1 aromatic carbocycles. The molecule has 0 atom stereocenters. The summed E-state index contributed by atoms with van der Waals surface area (Å²) in [5, 5.41) is 1.04. The molecule has 5 heteroatoms. The smallest absolute Gasteiger partial charge is 0.137 e. The number of methoxy groups -OCH3 is 1. The maximum Gasteiger partial charge on any atom is 0.137 e. The van der Waals surface area contributed by atoms with Crippen molar-refractivity contribution in [2.24, 2.45) is 0 Å². The van der Waals surface area contributed by atoms with Crippen molar-refractivity contribution in [2.75, 3.05) is 12.8 Å². The minimum absolute atomic E-state index is 0.689. The zero-order valence-electron chi connectivity index (χ0n) is 13.2. The first kappa shape index (κ1) is 14.3. The molecular weight excluding hydrogens is 300 g/mol. The van der Waals surface area contributed by atoms with E-state index in [9.17, 15) is 0 Å². The number of anilines is 1. The zero-order chi connectivity index (χ0) is 16.5. The molecule has 0 radical (unpaired) electrons. The zero-order valence-corrected chi connectivity index (χ0v) is 13.2. The molecule has 0 aliphatic heterocycles. The van der Waals surface area contributed by atoms with E-state index in [-0.39, 0.29) is 0 Å². The van der Waals surface area contributed by atoms with E-state index in [1.807, 2.05) is 42.7 Å². The first-order valence-corrected chi connectivity index (χ1v) is 7.57. The number of nitrogens with zero attached hydrogens (tertiary/aromatic N) is 2. The molecule has 24 heavy (non-hydrogen) atoms. The Morgan fingerprint density at radius 1 is 1.00 bits per heavy atom. The van der Waals surface area contributed by atoms with Crippen molar-refractivity contribution in [3.05, 3.63) is 61.2 Å². The molecule has 118 valence electrons. The Hall–Kier alpha value is -3.34. The van der Waals surface area contributed by atoms with Gasteiger partial charge >= 0.3 is 0 Å². The van der Waals surface area contributed by atoms with Gasteiger partial charge < -0.3 is 15.5 Å². The highest BCUT2D eigenvalue weighted by atomic mass is 16.5. The van der Waals surface area contributed by atoms with Crippen LogP contribution in [0.2, 0.25) is 0 Å². The van der Waals surface area contributed by atoms with Gasteiger partial charge in [0.05, 0.1) is 7.11 Å². The van der Waals surface area contributed by atoms with Gasteiger partial charge in [0.15, 0.2) is 0 Å². The van der Waals surface area contributed by atoms with E-state index >= 15 is 0 Å². The molecule has 0 saturated carbocycles. The van der Waals surface area contributed by atoms with Crippen LogP contribution in [0.25, 0.3) is 33.3 Å². The fraction of sp³-hybridized carbons (Fsp3) is 0.0526. The molecule has 0 aliphatic carbocycles. The van der Waals surface area contributed by atoms with Crippen LogP contribution in [0, 0.1) is 0 Å². The molecule has 3 heterocycles. The number of aromatic amines is 1. The van der Waals surface area contributed by atoms with E-state index in [1.54, 1.807) is 19.5 Å². The van der Waals surface area contributed by atoms with E-state index in [4.69, 9.17) is 10.5 Å². The number of hydrogen-bond donors (Lipinski definition) is 2. The first-order chi connectivity index (χ1) is 11.8. The van der Waals surface area contributed by atoms with Crippen molar-refractivity contribution in [1.82, 2.24) is 15.0 Å². The van der Waals surface area contributed by atoms with Gasteiger partial charge in [-0.25, -0.2) is 4.98 Å². The predicted molar refractivity (Wildman–Crippen MR) is 95.7 cm³/mol. The Morgan fingerprint density at radius 2 is 1.83 bits per heavy atom. The molecule has 0 aliphatic rings. The average molecular weight is 316 g/mol. The molecule has 0 amide bonds. The van der Waals surface area contributed by atoms with Crippen LogP contribution in [0.1, 0.15) is 0 Å². The second kappa shape index (κ2) is 5.70. The number of nitrogens with two attached hydrogens (primary N) is 1. The fourth-order valence-electron chi connectivity index (χ4n) is 2.87. The number of nitrogens with one attached hydrogen (secondary N) is 1. The Kier molecular flexibility index (Phi) is 3.39. The number of ether oxygens (including phenoxy) is 1. The summed E-state index contributed by atoms with van der Waals surface area (Å²) in [6, 6.07) is 11.7. The predicted octanol–water partition coefficient (Wildman–Crippen LogP) is 3.88. The SMILES string of the molecule is COc1ccc(N)cc1-c1cnc2[nH]cc(-c3ccncc3)c2c1. The summed E-state index contributed by atoms with van der Waals surface area (Å²) in [5.41, 5.74) is 11.5. The summed E-state index contributed by atoms with van der Waals surface area (Å²) in [6.45, 7) is 0. The van der Waals surface area contributed by atoms with Crippen LogP contribution < -0.4 is 10.5 Å². The molecule has 4 rings (SSSR count). The average Bonchev–Trinajstić information content (AvgIpc) is 3.05. The number of benzene rings is 1. The molecule has 0 unspecified atom stereocenters. The van der Waals surface area contributed by atoms with Crippen LogP contribution in [-0.4, -0.2) is 22.1 Å². The lowest BCUT2D eigenvalue weighted by Gasteiger charge is -2.10. The maximum atomic E-state index is 5.94. The van der Waals surface area contributed by atoms with Gasteiger partial charge in [-0.15, -0.1) is 0 Å². The van der Waals surface area contributed by atoms with Gasteiger partial charge in [0.1, 0.15) is 11.4 Å². The molecule has 0 saturated heterocycles. The van der Waals surface area contributed by atoms with Crippen LogP contribution in [0.3, 0.4) is 0 Å². The van der Waals surface area contributed by atoms with Gasteiger partial charge in [-0.3, -0.25) is 4.98 Å². The first-order valence-electron chi connectivity index (χ1n) is 7.57. The quantitative estimate of drug-likeness (QED) is 0.562. The third-order valence-corrected chi connectivity index (χ3v) is 4.06. The van der Waals surface area contributed by atoms with Crippen LogP contribution in [0.5, 0.6) is 5.75 Å². The van der Waals surface area contributed by atoms with E-state index in [2.05, 4.69) is 21.0 Å². The summed E-state index contributed by atoms with van der Waals surface area (Å²) < 4.78 is 5.46. The highest BCUT2D eigenvalue weighted by molar-refractivity contribution is 5.96.